The summed E-state index contributed by atoms with van der Waals surface area (Å²) in [4.78, 5) is 11.9. The van der Waals surface area contributed by atoms with Crippen LogP contribution in [-0.2, 0) is 4.79 Å². The first kappa shape index (κ1) is 18.2. The number of carbonyl (C=O) groups is 1. The molecule has 7 heteroatoms. The minimum absolute atomic E-state index is 0.153. The average Bonchev–Trinajstić information content (AvgIpc) is 2.48. The smallest absolute Gasteiger partial charge is 0.224 e. The highest BCUT2D eigenvalue weighted by Crippen LogP contribution is 2.28. The monoisotopic (exact) mass is 391 g/mol. The van der Waals surface area contributed by atoms with Gasteiger partial charge in [0.05, 0.1) is 22.3 Å². The molecule has 1 amide bonds. The van der Waals surface area contributed by atoms with Gasteiger partial charge in [-0.05, 0) is 42.8 Å². The first-order valence-corrected chi connectivity index (χ1v) is 8.29. The third-order valence-corrected chi connectivity index (χ3v) is 3.98. The van der Waals surface area contributed by atoms with Crippen LogP contribution in [0.3, 0.4) is 0 Å². The van der Waals surface area contributed by atoms with Crippen molar-refractivity contribution in [3.8, 4) is 5.75 Å². The largest absolute Gasteiger partial charge is 0.492 e. The molecule has 1 N–H and O–H groups in total. The molecule has 122 valence electrons. The highest BCUT2D eigenvalue weighted by atomic mass is 35.5. The lowest BCUT2D eigenvalue weighted by molar-refractivity contribution is -0.116. The summed E-state index contributed by atoms with van der Waals surface area (Å²) in [5.74, 6) is 0.386. The fourth-order valence-corrected chi connectivity index (χ4v) is 2.73. The van der Waals surface area contributed by atoms with Gasteiger partial charge in [-0.1, -0.05) is 46.4 Å². The second kappa shape index (κ2) is 8.65. The Morgan fingerprint density at radius 3 is 2.26 bits per heavy atom. The third kappa shape index (κ3) is 5.78. The lowest BCUT2D eigenvalue weighted by Crippen LogP contribution is -2.13. The summed E-state index contributed by atoms with van der Waals surface area (Å²) in [7, 11) is 0. The van der Waals surface area contributed by atoms with Gasteiger partial charge in [-0.25, -0.2) is 0 Å². The lowest BCUT2D eigenvalue weighted by atomic mass is 10.2. The van der Waals surface area contributed by atoms with Crippen LogP contribution in [0.4, 0.5) is 5.69 Å². The van der Waals surface area contributed by atoms with Gasteiger partial charge in [0.1, 0.15) is 5.75 Å². The highest BCUT2D eigenvalue weighted by molar-refractivity contribution is 6.36. The van der Waals surface area contributed by atoms with Crippen LogP contribution in [0.2, 0.25) is 20.1 Å². The molecule has 0 bridgehead atoms. The zero-order valence-electron chi connectivity index (χ0n) is 11.9. The number of ether oxygens (including phenoxy) is 1. The molecule has 3 nitrogen and oxygen atoms in total. The quantitative estimate of drug-likeness (QED) is 0.603. The summed E-state index contributed by atoms with van der Waals surface area (Å²) in [6.07, 6.45) is 0.833. The molecule has 23 heavy (non-hydrogen) atoms. The molecule has 0 saturated carbocycles. The molecular weight excluding hydrogens is 380 g/mol. The van der Waals surface area contributed by atoms with E-state index >= 15 is 0 Å². The topological polar surface area (TPSA) is 38.3 Å². The molecule has 0 heterocycles. The maximum absolute atomic E-state index is 11.9. The molecular formula is C16H13Cl4NO2. The number of rotatable bonds is 6. The van der Waals surface area contributed by atoms with E-state index in [1.807, 2.05) is 0 Å². The van der Waals surface area contributed by atoms with Gasteiger partial charge in [-0.15, -0.1) is 0 Å². The van der Waals surface area contributed by atoms with Gasteiger partial charge >= 0.3 is 0 Å². The molecule has 0 aromatic heterocycles. The van der Waals surface area contributed by atoms with Crippen molar-refractivity contribution >= 4 is 58.0 Å². The van der Waals surface area contributed by atoms with Crippen LogP contribution in [0.1, 0.15) is 12.8 Å². The molecule has 2 rings (SSSR count). The van der Waals surface area contributed by atoms with E-state index < -0.39 is 0 Å². The molecule has 2 aromatic rings. The SMILES string of the molecule is O=C(CCCOc1ccc(Cl)cc1Cl)Nc1ccc(Cl)cc1Cl. The number of nitrogens with one attached hydrogen (secondary N) is 1. The van der Waals surface area contributed by atoms with Crippen LogP contribution in [-0.4, -0.2) is 12.5 Å². The molecule has 0 aliphatic rings. The van der Waals surface area contributed by atoms with Gasteiger partial charge in [0.15, 0.2) is 0 Å². The predicted molar refractivity (Wildman–Crippen MR) is 96.3 cm³/mol. The van der Waals surface area contributed by atoms with E-state index in [-0.39, 0.29) is 5.91 Å². The molecule has 0 aliphatic heterocycles. The van der Waals surface area contributed by atoms with Crippen molar-refractivity contribution in [2.75, 3.05) is 11.9 Å². The standard InChI is InChI=1S/C16H13Cl4NO2/c17-10-3-5-14(12(19)8-10)21-16(22)2-1-7-23-15-6-4-11(18)9-13(15)20/h3-6,8-9H,1-2,7H2,(H,21,22). The van der Waals surface area contributed by atoms with Crippen molar-refractivity contribution in [1.29, 1.82) is 0 Å². The van der Waals surface area contributed by atoms with E-state index in [2.05, 4.69) is 5.32 Å². The Kier molecular flexibility index (Phi) is 6.85. The van der Waals surface area contributed by atoms with Crippen molar-refractivity contribution in [3.63, 3.8) is 0 Å². The second-order valence-corrected chi connectivity index (χ2v) is 6.39. The Morgan fingerprint density at radius 1 is 0.957 bits per heavy atom. The normalized spacial score (nSPS) is 10.4. The first-order chi connectivity index (χ1) is 11.0. The lowest BCUT2D eigenvalue weighted by Gasteiger charge is -2.09. The first-order valence-electron chi connectivity index (χ1n) is 6.78. The molecule has 0 unspecified atom stereocenters. The van der Waals surface area contributed by atoms with Gasteiger partial charge in [0, 0.05) is 16.5 Å². The molecule has 0 saturated heterocycles. The van der Waals surface area contributed by atoms with E-state index in [4.69, 9.17) is 51.1 Å². The Hall–Kier alpha value is -1.13. The summed E-state index contributed by atoms with van der Waals surface area (Å²) in [5, 5.41) is 4.62. The van der Waals surface area contributed by atoms with Crippen molar-refractivity contribution in [2.24, 2.45) is 0 Å². The van der Waals surface area contributed by atoms with E-state index in [9.17, 15) is 4.79 Å². The molecule has 0 atom stereocenters. The fourth-order valence-electron chi connectivity index (χ4n) is 1.81. The van der Waals surface area contributed by atoms with Gasteiger partial charge in [0.25, 0.3) is 0 Å². The van der Waals surface area contributed by atoms with Crippen molar-refractivity contribution in [1.82, 2.24) is 0 Å². The Morgan fingerprint density at radius 2 is 1.61 bits per heavy atom. The summed E-state index contributed by atoms with van der Waals surface area (Å²) in [6, 6.07) is 9.88. The zero-order chi connectivity index (χ0) is 16.8. The van der Waals surface area contributed by atoms with E-state index in [0.717, 1.165) is 0 Å². The molecule has 0 radical (unpaired) electrons. The van der Waals surface area contributed by atoms with Gasteiger partial charge in [-0.3, -0.25) is 4.79 Å². The van der Waals surface area contributed by atoms with Crippen LogP contribution in [0, 0.1) is 0 Å². The van der Waals surface area contributed by atoms with Crippen LogP contribution in [0.15, 0.2) is 36.4 Å². The molecule has 0 fully saturated rings. The van der Waals surface area contributed by atoms with Gasteiger partial charge in [0.2, 0.25) is 5.91 Å². The number of hydrogen-bond donors (Lipinski definition) is 1. The van der Waals surface area contributed by atoms with E-state index in [0.29, 0.717) is 51.0 Å². The Balaban J connectivity index is 1.76. The van der Waals surface area contributed by atoms with Crippen LogP contribution in [0.5, 0.6) is 5.75 Å². The molecule has 0 aliphatic carbocycles. The van der Waals surface area contributed by atoms with Crippen molar-refractivity contribution in [3.05, 3.63) is 56.5 Å². The van der Waals surface area contributed by atoms with Gasteiger partial charge in [-0.2, -0.15) is 0 Å². The summed E-state index contributed by atoms with van der Waals surface area (Å²) < 4.78 is 5.52. The molecule has 2 aromatic carbocycles. The number of carbonyl (C=O) groups excluding carboxylic acids is 1. The average molecular weight is 393 g/mol. The zero-order valence-corrected chi connectivity index (χ0v) is 14.9. The van der Waals surface area contributed by atoms with Crippen molar-refractivity contribution < 1.29 is 9.53 Å². The van der Waals surface area contributed by atoms with Crippen LogP contribution >= 0.6 is 46.4 Å². The Labute approximate surface area is 154 Å². The summed E-state index contributed by atoms with van der Waals surface area (Å²) in [6.45, 7) is 0.364. The number of amides is 1. The number of hydrogen-bond acceptors (Lipinski definition) is 2. The fraction of sp³-hybridized carbons (Fsp3) is 0.188. The van der Waals surface area contributed by atoms with Crippen molar-refractivity contribution in [2.45, 2.75) is 12.8 Å². The minimum Gasteiger partial charge on any atom is -0.492 e. The summed E-state index contributed by atoms with van der Waals surface area (Å²) in [5.41, 5.74) is 0.530. The third-order valence-electron chi connectivity index (χ3n) is 2.90. The highest BCUT2D eigenvalue weighted by Gasteiger charge is 2.07. The van der Waals surface area contributed by atoms with Crippen LogP contribution in [0.25, 0.3) is 0 Å². The van der Waals surface area contributed by atoms with Gasteiger partial charge < -0.3 is 10.1 Å². The second-order valence-electron chi connectivity index (χ2n) is 4.70. The maximum atomic E-state index is 11.9. The minimum atomic E-state index is -0.153. The predicted octanol–water partition coefficient (Wildman–Crippen LogP) is 6.10. The maximum Gasteiger partial charge on any atom is 0.224 e. The summed E-state index contributed by atoms with van der Waals surface area (Å²) >= 11 is 23.6. The number of halogens is 4. The van der Waals surface area contributed by atoms with Crippen LogP contribution < -0.4 is 10.1 Å². The Bertz CT molecular complexity index is 706. The number of benzene rings is 2. The van der Waals surface area contributed by atoms with E-state index in [1.165, 1.54) is 0 Å². The molecule has 0 spiro atoms. The van der Waals surface area contributed by atoms with E-state index in [1.54, 1.807) is 36.4 Å². The number of anilines is 1.